The average Bonchev–Trinajstić information content (AvgIpc) is 2.70. The maximum Gasteiger partial charge on any atom is 0.126 e. The third-order valence-corrected chi connectivity index (χ3v) is 2.92. The molecule has 0 aromatic heterocycles. The van der Waals surface area contributed by atoms with Crippen molar-refractivity contribution in [2.24, 2.45) is 5.73 Å². The van der Waals surface area contributed by atoms with Crippen LogP contribution in [-0.2, 0) is 4.74 Å². The Morgan fingerprint density at radius 1 is 1.47 bits per heavy atom. The molecular weight excluding hydrogens is 193 g/mol. The molecule has 3 heteroatoms. The highest BCUT2D eigenvalue weighted by molar-refractivity contribution is 5.26. The van der Waals surface area contributed by atoms with Crippen molar-refractivity contribution in [1.82, 2.24) is 0 Å². The van der Waals surface area contributed by atoms with Crippen molar-refractivity contribution in [3.8, 4) is 0 Å². The van der Waals surface area contributed by atoms with Gasteiger partial charge >= 0.3 is 0 Å². The minimum Gasteiger partial charge on any atom is -0.369 e. The Labute approximate surface area is 89.2 Å². The predicted molar refractivity (Wildman–Crippen MR) is 57.0 cm³/mol. The molecule has 2 N–H and O–H groups in total. The van der Waals surface area contributed by atoms with E-state index in [4.69, 9.17) is 10.5 Å². The van der Waals surface area contributed by atoms with Crippen LogP contribution in [0.1, 0.15) is 30.1 Å². The van der Waals surface area contributed by atoms with E-state index >= 15 is 0 Å². The first-order chi connectivity index (χ1) is 7.20. The van der Waals surface area contributed by atoms with Crippen LogP contribution in [0.3, 0.4) is 0 Å². The third-order valence-electron chi connectivity index (χ3n) is 2.92. The quantitative estimate of drug-likeness (QED) is 0.811. The van der Waals surface area contributed by atoms with Gasteiger partial charge in [0.25, 0.3) is 0 Å². The van der Waals surface area contributed by atoms with Crippen molar-refractivity contribution in [3.05, 3.63) is 35.1 Å². The molecule has 1 fully saturated rings. The lowest BCUT2D eigenvalue weighted by Gasteiger charge is -2.13. The number of nitrogens with two attached hydrogens (primary N) is 1. The van der Waals surface area contributed by atoms with Crippen molar-refractivity contribution >= 4 is 0 Å². The number of hydrogen-bond donors (Lipinski definition) is 1. The van der Waals surface area contributed by atoms with E-state index in [1.807, 2.05) is 6.07 Å². The van der Waals surface area contributed by atoms with Gasteiger partial charge in [-0.3, -0.25) is 0 Å². The summed E-state index contributed by atoms with van der Waals surface area (Å²) >= 11 is 0. The van der Waals surface area contributed by atoms with E-state index in [2.05, 4.69) is 0 Å². The van der Waals surface area contributed by atoms with E-state index in [1.54, 1.807) is 13.0 Å². The fourth-order valence-corrected chi connectivity index (χ4v) is 1.99. The summed E-state index contributed by atoms with van der Waals surface area (Å²) in [4.78, 5) is 0. The Balaban J connectivity index is 2.13. The molecule has 1 heterocycles. The van der Waals surface area contributed by atoms with Gasteiger partial charge in [-0.2, -0.15) is 0 Å². The molecule has 0 aliphatic carbocycles. The zero-order chi connectivity index (χ0) is 10.8. The van der Waals surface area contributed by atoms with Crippen LogP contribution in [0.15, 0.2) is 18.2 Å². The van der Waals surface area contributed by atoms with Gasteiger partial charge in [-0.05, 0) is 37.0 Å². The van der Waals surface area contributed by atoms with E-state index in [1.165, 1.54) is 6.07 Å². The molecule has 1 aliphatic heterocycles. The summed E-state index contributed by atoms with van der Waals surface area (Å²) < 4.78 is 18.8. The van der Waals surface area contributed by atoms with E-state index in [-0.39, 0.29) is 18.0 Å². The smallest absolute Gasteiger partial charge is 0.126 e. The first-order valence-electron chi connectivity index (χ1n) is 5.32. The van der Waals surface area contributed by atoms with Crippen molar-refractivity contribution in [1.29, 1.82) is 0 Å². The minimum atomic E-state index is -0.160. The van der Waals surface area contributed by atoms with Gasteiger partial charge in [0.05, 0.1) is 12.2 Å². The molecule has 0 radical (unpaired) electrons. The molecule has 15 heavy (non-hydrogen) atoms. The maximum absolute atomic E-state index is 13.1. The van der Waals surface area contributed by atoms with Gasteiger partial charge in [0.1, 0.15) is 5.82 Å². The maximum atomic E-state index is 13.1. The number of aryl methyl sites for hydroxylation is 1. The van der Waals surface area contributed by atoms with E-state index in [0.717, 1.165) is 18.4 Å². The minimum absolute atomic E-state index is 0.0952. The lowest BCUT2D eigenvalue weighted by molar-refractivity contribution is 0.0498. The molecule has 1 aromatic rings. The topological polar surface area (TPSA) is 35.2 Å². The first kappa shape index (κ1) is 10.6. The van der Waals surface area contributed by atoms with Gasteiger partial charge in [0, 0.05) is 6.54 Å². The summed E-state index contributed by atoms with van der Waals surface area (Å²) in [6.45, 7) is 2.34. The summed E-state index contributed by atoms with van der Waals surface area (Å²) in [5, 5.41) is 0. The second-order valence-electron chi connectivity index (χ2n) is 4.07. The van der Waals surface area contributed by atoms with Crippen LogP contribution in [0.5, 0.6) is 0 Å². The third kappa shape index (κ3) is 2.19. The molecule has 2 rings (SSSR count). The molecule has 1 aromatic carbocycles. The molecule has 0 amide bonds. The number of hydrogen-bond acceptors (Lipinski definition) is 2. The summed E-state index contributed by atoms with van der Waals surface area (Å²) in [5.74, 6) is -0.160. The highest BCUT2D eigenvalue weighted by atomic mass is 19.1. The van der Waals surface area contributed by atoms with Crippen molar-refractivity contribution in [2.75, 3.05) is 6.54 Å². The second kappa shape index (κ2) is 4.29. The number of benzene rings is 1. The van der Waals surface area contributed by atoms with Crippen LogP contribution in [0.4, 0.5) is 4.39 Å². The monoisotopic (exact) mass is 209 g/mol. The van der Waals surface area contributed by atoms with Crippen LogP contribution in [0, 0.1) is 12.7 Å². The van der Waals surface area contributed by atoms with Crippen LogP contribution in [0.25, 0.3) is 0 Å². The zero-order valence-corrected chi connectivity index (χ0v) is 8.87. The Kier molecular flexibility index (Phi) is 3.03. The summed E-state index contributed by atoms with van der Waals surface area (Å²) in [5.41, 5.74) is 7.28. The number of rotatable bonds is 2. The lowest BCUT2D eigenvalue weighted by Crippen LogP contribution is -2.18. The van der Waals surface area contributed by atoms with Crippen LogP contribution in [0.2, 0.25) is 0 Å². The zero-order valence-electron chi connectivity index (χ0n) is 8.87. The molecule has 1 saturated heterocycles. The number of halogens is 1. The van der Waals surface area contributed by atoms with E-state index in [0.29, 0.717) is 12.1 Å². The second-order valence-corrected chi connectivity index (χ2v) is 4.07. The summed E-state index contributed by atoms with van der Waals surface area (Å²) in [6.07, 6.45) is 2.24. The standard InChI is InChI=1S/C12H16FNO/c1-8-6-9(2-4-11(8)13)12-5-3-10(7-14)15-12/h2,4,6,10,12H,3,5,7,14H2,1H3/t10-,12+/m1/s1. The molecule has 82 valence electrons. The molecule has 2 atom stereocenters. The van der Waals surface area contributed by atoms with Crippen molar-refractivity contribution in [2.45, 2.75) is 32.0 Å². The molecule has 0 unspecified atom stereocenters. The fraction of sp³-hybridized carbons (Fsp3) is 0.500. The molecule has 0 saturated carbocycles. The van der Waals surface area contributed by atoms with Gasteiger partial charge in [-0.25, -0.2) is 4.39 Å². The normalized spacial score (nSPS) is 25.8. The number of ether oxygens (including phenoxy) is 1. The molecule has 1 aliphatic rings. The molecule has 2 nitrogen and oxygen atoms in total. The van der Waals surface area contributed by atoms with Gasteiger partial charge in [-0.15, -0.1) is 0 Å². The van der Waals surface area contributed by atoms with E-state index in [9.17, 15) is 4.39 Å². The average molecular weight is 209 g/mol. The van der Waals surface area contributed by atoms with Gasteiger partial charge in [0.2, 0.25) is 0 Å². The highest BCUT2D eigenvalue weighted by Gasteiger charge is 2.25. The fourth-order valence-electron chi connectivity index (χ4n) is 1.99. The largest absolute Gasteiger partial charge is 0.369 e. The summed E-state index contributed by atoms with van der Waals surface area (Å²) in [6, 6.07) is 5.16. The molecule has 0 spiro atoms. The predicted octanol–water partition coefficient (Wildman–Crippen LogP) is 2.31. The van der Waals surface area contributed by atoms with Crippen LogP contribution >= 0.6 is 0 Å². The Bertz CT molecular complexity index is 353. The highest BCUT2D eigenvalue weighted by Crippen LogP contribution is 2.32. The van der Waals surface area contributed by atoms with Gasteiger partial charge < -0.3 is 10.5 Å². The lowest BCUT2D eigenvalue weighted by atomic mass is 10.0. The van der Waals surface area contributed by atoms with Crippen molar-refractivity contribution < 1.29 is 9.13 Å². The van der Waals surface area contributed by atoms with E-state index < -0.39 is 0 Å². The Morgan fingerprint density at radius 3 is 2.87 bits per heavy atom. The SMILES string of the molecule is Cc1cc([C@@H]2CC[C@H](CN)O2)ccc1F. The Morgan fingerprint density at radius 2 is 2.27 bits per heavy atom. The van der Waals surface area contributed by atoms with Gasteiger partial charge in [0.15, 0.2) is 0 Å². The summed E-state index contributed by atoms with van der Waals surface area (Å²) in [7, 11) is 0. The molecule has 0 bridgehead atoms. The van der Waals surface area contributed by atoms with Crippen LogP contribution in [-0.4, -0.2) is 12.6 Å². The first-order valence-corrected chi connectivity index (χ1v) is 5.32. The Hall–Kier alpha value is -0.930. The van der Waals surface area contributed by atoms with Crippen molar-refractivity contribution in [3.63, 3.8) is 0 Å². The van der Waals surface area contributed by atoms with Gasteiger partial charge in [-0.1, -0.05) is 12.1 Å². The van der Waals surface area contributed by atoms with Crippen LogP contribution < -0.4 is 5.73 Å². The molecular formula is C12H16FNO.